The first-order chi connectivity index (χ1) is 6.02. The monoisotopic (exact) mass is 250 g/mol. The number of aromatic hydroxyl groups is 1. The molecule has 0 saturated heterocycles. The Morgan fingerprint density at radius 3 is 2.54 bits per heavy atom. The number of ketones is 1. The number of Topliss-reactive ketones (excluding diaryl/α,β-unsaturated/α-hetero) is 1. The second-order valence-electron chi connectivity index (χ2n) is 2.33. The molecule has 0 aliphatic carbocycles. The number of carbonyl (C=O) groups excluding carboxylic acids is 1. The van der Waals surface area contributed by atoms with Gasteiger partial charge >= 0.3 is 6.43 Å². The molecule has 1 aromatic carbocycles. The van der Waals surface area contributed by atoms with E-state index in [9.17, 15) is 13.6 Å². The summed E-state index contributed by atoms with van der Waals surface area (Å²) in [4.78, 5) is 10.8. The lowest BCUT2D eigenvalue weighted by molar-refractivity contribution is 0.0675. The molecule has 70 valence electrons. The van der Waals surface area contributed by atoms with Gasteiger partial charge < -0.3 is 5.11 Å². The maximum atomic E-state index is 11.9. The van der Waals surface area contributed by atoms with Gasteiger partial charge in [-0.05, 0) is 18.2 Å². The Bertz CT molecular complexity index is 339. The molecule has 2 nitrogen and oxygen atoms in total. The second kappa shape index (κ2) is 3.83. The van der Waals surface area contributed by atoms with E-state index in [0.717, 1.165) is 6.07 Å². The van der Waals surface area contributed by atoms with Crippen LogP contribution < -0.4 is 0 Å². The van der Waals surface area contributed by atoms with Gasteiger partial charge in [0.25, 0.3) is 0 Å². The summed E-state index contributed by atoms with van der Waals surface area (Å²) < 4.78 is 24.4. The maximum Gasteiger partial charge on any atom is 0.300 e. The molecule has 0 aromatic heterocycles. The first kappa shape index (κ1) is 10.1. The molecule has 1 aromatic rings. The van der Waals surface area contributed by atoms with Crippen molar-refractivity contribution in [2.45, 2.75) is 6.43 Å². The zero-order valence-corrected chi connectivity index (χ0v) is 7.88. The Morgan fingerprint density at radius 1 is 1.46 bits per heavy atom. The van der Waals surface area contributed by atoms with E-state index in [1.807, 2.05) is 0 Å². The topological polar surface area (TPSA) is 37.3 Å². The number of carbonyl (C=O) groups is 1. The molecule has 0 bridgehead atoms. The molecule has 1 rings (SSSR count). The van der Waals surface area contributed by atoms with E-state index in [1.165, 1.54) is 12.1 Å². The van der Waals surface area contributed by atoms with Crippen molar-refractivity contribution in [2.24, 2.45) is 0 Å². The predicted octanol–water partition coefficient (Wildman–Crippen LogP) is 2.60. The van der Waals surface area contributed by atoms with Crippen molar-refractivity contribution in [1.82, 2.24) is 0 Å². The number of rotatable bonds is 2. The summed E-state index contributed by atoms with van der Waals surface area (Å²) in [7, 11) is 0. The SMILES string of the molecule is O=C(c1ccc(Br)cc1O)C(F)F. The van der Waals surface area contributed by atoms with E-state index >= 15 is 0 Å². The highest BCUT2D eigenvalue weighted by atomic mass is 79.9. The lowest BCUT2D eigenvalue weighted by Gasteiger charge is -2.02. The average molecular weight is 251 g/mol. The van der Waals surface area contributed by atoms with Crippen molar-refractivity contribution in [1.29, 1.82) is 0 Å². The third-order valence-electron chi connectivity index (χ3n) is 1.42. The fourth-order valence-electron chi connectivity index (χ4n) is 0.831. The van der Waals surface area contributed by atoms with Crippen molar-refractivity contribution in [2.75, 3.05) is 0 Å². The van der Waals surface area contributed by atoms with Gasteiger partial charge in [0, 0.05) is 4.47 Å². The zero-order chi connectivity index (χ0) is 10.0. The number of halogens is 3. The Balaban J connectivity index is 3.09. The molecular weight excluding hydrogens is 246 g/mol. The molecule has 0 amide bonds. The minimum Gasteiger partial charge on any atom is -0.507 e. The number of alkyl halides is 2. The molecule has 13 heavy (non-hydrogen) atoms. The summed E-state index contributed by atoms with van der Waals surface area (Å²) in [5, 5.41) is 9.13. The van der Waals surface area contributed by atoms with Gasteiger partial charge in [0.05, 0.1) is 5.56 Å². The quantitative estimate of drug-likeness (QED) is 0.820. The van der Waals surface area contributed by atoms with E-state index in [0.29, 0.717) is 4.47 Å². The van der Waals surface area contributed by atoms with Crippen molar-refractivity contribution < 1.29 is 18.7 Å². The first-order valence-electron chi connectivity index (χ1n) is 3.33. The van der Waals surface area contributed by atoms with Crippen LogP contribution >= 0.6 is 15.9 Å². The van der Waals surface area contributed by atoms with Crippen LogP contribution in [-0.2, 0) is 0 Å². The molecule has 0 unspecified atom stereocenters. The fourth-order valence-corrected chi connectivity index (χ4v) is 1.18. The molecule has 0 radical (unpaired) electrons. The molecule has 1 N–H and O–H groups in total. The van der Waals surface area contributed by atoms with E-state index in [-0.39, 0.29) is 5.56 Å². The second-order valence-corrected chi connectivity index (χ2v) is 3.24. The Labute approximate surface area is 81.3 Å². The van der Waals surface area contributed by atoms with Crippen molar-refractivity contribution in [3.8, 4) is 5.75 Å². The Morgan fingerprint density at radius 2 is 2.08 bits per heavy atom. The minimum absolute atomic E-state index is 0.363. The van der Waals surface area contributed by atoms with E-state index in [1.54, 1.807) is 0 Å². The fraction of sp³-hybridized carbons (Fsp3) is 0.125. The van der Waals surface area contributed by atoms with Gasteiger partial charge in [0.1, 0.15) is 5.75 Å². The van der Waals surface area contributed by atoms with Gasteiger partial charge in [-0.15, -0.1) is 0 Å². The molecule has 0 aliphatic rings. The third kappa shape index (κ3) is 2.24. The van der Waals surface area contributed by atoms with Gasteiger partial charge in [-0.1, -0.05) is 15.9 Å². The molecule has 5 heteroatoms. The van der Waals surface area contributed by atoms with Gasteiger partial charge in [-0.25, -0.2) is 8.78 Å². The van der Waals surface area contributed by atoms with Crippen LogP contribution in [0.25, 0.3) is 0 Å². The van der Waals surface area contributed by atoms with Gasteiger partial charge in [-0.3, -0.25) is 4.79 Å². The minimum atomic E-state index is -3.09. The van der Waals surface area contributed by atoms with Crippen LogP contribution in [0.4, 0.5) is 8.78 Å². The molecule has 0 fully saturated rings. The van der Waals surface area contributed by atoms with Crippen molar-refractivity contribution in [3.05, 3.63) is 28.2 Å². The summed E-state index contributed by atoms with van der Waals surface area (Å²) in [5.41, 5.74) is -0.363. The Hall–Kier alpha value is -0.970. The summed E-state index contributed by atoms with van der Waals surface area (Å²) in [6.45, 7) is 0. The average Bonchev–Trinajstić information content (AvgIpc) is 2.03. The van der Waals surface area contributed by atoms with Gasteiger partial charge in [0.15, 0.2) is 0 Å². The van der Waals surface area contributed by atoms with Crippen LogP contribution in [0.5, 0.6) is 5.75 Å². The van der Waals surface area contributed by atoms with E-state index in [2.05, 4.69) is 15.9 Å². The van der Waals surface area contributed by atoms with Crippen molar-refractivity contribution in [3.63, 3.8) is 0 Å². The highest BCUT2D eigenvalue weighted by Crippen LogP contribution is 2.24. The van der Waals surface area contributed by atoms with Crippen LogP contribution in [-0.4, -0.2) is 17.3 Å². The molecular formula is C8H5BrF2O2. The summed E-state index contributed by atoms with van der Waals surface area (Å²) in [6, 6.07) is 3.75. The smallest absolute Gasteiger partial charge is 0.300 e. The number of hydrogen-bond acceptors (Lipinski definition) is 2. The third-order valence-corrected chi connectivity index (χ3v) is 1.92. The number of hydrogen-bond donors (Lipinski definition) is 1. The van der Waals surface area contributed by atoms with Crippen LogP contribution in [0.3, 0.4) is 0 Å². The van der Waals surface area contributed by atoms with Crippen LogP contribution in [0.1, 0.15) is 10.4 Å². The summed E-state index contributed by atoms with van der Waals surface area (Å²) in [6.07, 6.45) is -3.09. The lowest BCUT2D eigenvalue weighted by Crippen LogP contribution is -2.10. The number of benzene rings is 1. The molecule has 0 heterocycles. The van der Waals surface area contributed by atoms with Gasteiger partial charge in [-0.2, -0.15) is 0 Å². The predicted molar refractivity (Wildman–Crippen MR) is 46.1 cm³/mol. The standard InChI is InChI=1S/C8H5BrF2O2/c9-4-1-2-5(6(12)3-4)7(13)8(10)11/h1-3,8,12H. The van der Waals surface area contributed by atoms with Gasteiger partial charge in [0.2, 0.25) is 5.78 Å². The van der Waals surface area contributed by atoms with E-state index in [4.69, 9.17) is 5.11 Å². The molecule has 0 saturated carbocycles. The number of phenolic OH excluding ortho intramolecular Hbond substituents is 1. The normalized spacial score (nSPS) is 10.5. The summed E-state index contributed by atoms with van der Waals surface area (Å²) in [5.74, 6) is -1.82. The highest BCUT2D eigenvalue weighted by molar-refractivity contribution is 9.10. The van der Waals surface area contributed by atoms with E-state index < -0.39 is 18.0 Å². The van der Waals surface area contributed by atoms with Crippen LogP contribution in [0.15, 0.2) is 22.7 Å². The lowest BCUT2D eigenvalue weighted by atomic mass is 10.1. The molecule has 0 spiro atoms. The molecule has 0 atom stereocenters. The molecule has 0 aliphatic heterocycles. The maximum absolute atomic E-state index is 11.9. The number of phenols is 1. The highest BCUT2D eigenvalue weighted by Gasteiger charge is 2.20. The van der Waals surface area contributed by atoms with Crippen LogP contribution in [0.2, 0.25) is 0 Å². The van der Waals surface area contributed by atoms with Crippen LogP contribution in [0, 0.1) is 0 Å². The van der Waals surface area contributed by atoms with Crippen molar-refractivity contribution >= 4 is 21.7 Å². The largest absolute Gasteiger partial charge is 0.507 e. The Kier molecular flexibility index (Phi) is 2.98. The summed E-state index contributed by atoms with van der Waals surface area (Å²) >= 11 is 3.02. The first-order valence-corrected chi connectivity index (χ1v) is 4.12. The zero-order valence-electron chi connectivity index (χ0n) is 6.30.